The van der Waals surface area contributed by atoms with Crippen LogP contribution in [0.25, 0.3) is 0 Å². The van der Waals surface area contributed by atoms with E-state index in [0.717, 1.165) is 6.04 Å². The van der Waals surface area contributed by atoms with Crippen molar-refractivity contribution in [2.24, 2.45) is 0 Å². The van der Waals surface area contributed by atoms with Crippen molar-refractivity contribution < 1.29 is 0 Å². The second kappa shape index (κ2) is 0.884. The summed E-state index contributed by atoms with van der Waals surface area (Å²) in [6.45, 7) is 3.32. The van der Waals surface area contributed by atoms with Crippen LogP contribution < -0.4 is 0 Å². The van der Waals surface area contributed by atoms with Crippen molar-refractivity contribution in [3.8, 4) is 0 Å². The van der Waals surface area contributed by atoms with Gasteiger partial charge in [-0.2, -0.15) is 0 Å². The van der Waals surface area contributed by atoms with E-state index >= 15 is 0 Å². The maximum Gasteiger partial charge on any atom is 0.0309 e. The smallest absolute Gasteiger partial charge is 0.0309 e. The van der Waals surface area contributed by atoms with Crippen LogP contribution in [0.3, 0.4) is 0 Å². The van der Waals surface area contributed by atoms with Gasteiger partial charge in [0.15, 0.2) is 0 Å². The quantitative estimate of drug-likeness (QED) is 0.335. The predicted octanol–water partition coefficient (Wildman–Crippen LogP) is 0.535. The summed E-state index contributed by atoms with van der Waals surface area (Å²) in [5, 5.41) is 0. The van der Waals surface area contributed by atoms with Gasteiger partial charge in [-0.15, -0.1) is 0 Å². The second-order valence-electron chi connectivity index (χ2n) is 1.47. The predicted molar refractivity (Wildman–Crippen MR) is 25.2 cm³/mol. The summed E-state index contributed by atoms with van der Waals surface area (Å²) in [5.74, 6) is 0. The fourth-order valence-corrected chi connectivity index (χ4v) is 0.460. The van der Waals surface area contributed by atoms with Gasteiger partial charge >= 0.3 is 0 Å². The molecule has 1 aliphatic heterocycles. The molecule has 1 fully saturated rings. The Morgan fingerprint density at radius 1 is 2.00 bits per heavy atom. The Balaban J connectivity index is 2.20. The van der Waals surface area contributed by atoms with Crippen molar-refractivity contribution in [2.75, 3.05) is 6.54 Å². The third kappa shape index (κ3) is 0.578. The molecular formula is C3H7NS. The summed E-state index contributed by atoms with van der Waals surface area (Å²) in [6, 6.07) is 0.748. The average molecular weight is 89.2 g/mol. The number of hydrogen-bond donors (Lipinski definition) is 1. The highest BCUT2D eigenvalue weighted by molar-refractivity contribution is 7.78. The van der Waals surface area contributed by atoms with E-state index < -0.39 is 0 Å². The molecule has 2 unspecified atom stereocenters. The first-order valence-electron chi connectivity index (χ1n) is 1.76. The molecule has 0 amide bonds. The molecule has 0 aromatic carbocycles. The van der Waals surface area contributed by atoms with Gasteiger partial charge in [-0.1, -0.05) is 12.8 Å². The third-order valence-corrected chi connectivity index (χ3v) is 1.38. The van der Waals surface area contributed by atoms with Crippen molar-refractivity contribution in [1.82, 2.24) is 4.31 Å². The summed E-state index contributed by atoms with van der Waals surface area (Å²) < 4.78 is 1.99. The molecular weight excluding hydrogens is 82.1 g/mol. The molecule has 30 valence electrons. The van der Waals surface area contributed by atoms with E-state index in [1.54, 1.807) is 0 Å². The molecule has 0 aromatic heterocycles. The van der Waals surface area contributed by atoms with E-state index in [0.29, 0.717) is 0 Å². The fraction of sp³-hybridized carbons (Fsp3) is 1.00. The van der Waals surface area contributed by atoms with E-state index in [1.807, 2.05) is 4.31 Å². The SMILES string of the molecule is CC1CN1S. The van der Waals surface area contributed by atoms with Crippen LogP contribution >= 0.6 is 12.8 Å². The second-order valence-corrected chi connectivity index (χ2v) is 1.98. The van der Waals surface area contributed by atoms with Gasteiger partial charge in [0.05, 0.1) is 0 Å². The van der Waals surface area contributed by atoms with Gasteiger partial charge in [-0.05, 0) is 6.92 Å². The Hall–Kier alpha value is 0.310. The van der Waals surface area contributed by atoms with Crippen LogP contribution in [0.4, 0.5) is 0 Å². The van der Waals surface area contributed by atoms with E-state index in [4.69, 9.17) is 0 Å². The first-order chi connectivity index (χ1) is 2.30. The molecule has 0 radical (unpaired) electrons. The standard InChI is InChI=1S/C3H7NS/c1-3-2-4(3)5/h3,5H,2H2,1H3. The van der Waals surface area contributed by atoms with Crippen LogP contribution in [0.2, 0.25) is 0 Å². The van der Waals surface area contributed by atoms with E-state index in [1.165, 1.54) is 6.54 Å². The lowest BCUT2D eigenvalue weighted by molar-refractivity contribution is 0.860. The topological polar surface area (TPSA) is 3.01 Å². The van der Waals surface area contributed by atoms with Crippen LogP contribution in [0, 0.1) is 0 Å². The number of hydrogen-bond acceptors (Lipinski definition) is 2. The van der Waals surface area contributed by atoms with Crippen LogP contribution in [0.15, 0.2) is 0 Å². The Kier molecular flexibility index (Phi) is 0.618. The fourth-order valence-electron chi connectivity index (χ4n) is 0.224. The summed E-state index contributed by atoms with van der Waals surface area (Å²) in [7, 11) is 0. The Bertz CT molecular complexity index is 40.2. The van der Waals surface area contributed by atoms with Gasteiger partial charge < -0.3 is 0 Å². The molecule has 1 saturated heterocycles. The lowest BCUT2D eigenvalue weighted by Crippen LogP contribution is -1.74. The number of rotatable bonds is 0. The van der Waals surface area contributed by atoms with Gasteiger partial charge in [0.2, 0.25) is 0 Å². The molecule has 0 N–H and O–H groups in total. The molecule has 0 saturated carbocycles. The monoisotopic (exact) mass is 89.0 g/mol. The zero-order valence-corrected chi connectivity index (χ0v) is 4.07. The Morgan fingerprint density at radius 2 is 2.20 bits per heavy atom. The van der Waals surface area contributed by atoms with Crippen molar-refractivity contribution in [1.29, 1.82) is 0 Å². The average Bonchev–Trinajstić information content (AvgIpc) is 1.79. The molecule has 0 bridgehead atoms. The highest BCUT2D eigenvalue weighted by Crippen LogP contribution is 2.16. The van der Waals surface area contributed by atoms with Gasteiger partial charge in [-0.25, -0.2) is 4.31 Å². The zero-order valence-electron chi connectivity index (χ0n) is 3.18. The molecule has 2 heteroatoms. The van der Waals surface area contributed by atoms with E-state index in [9.17, 15) is 0 Å². The summed E-state index contributed by atoms with van der Waals surface area (Å²) in [4.78, 5) is 0. The van der Waals surface area contributed by atoms with E-state index in [2.05, 4.69) is 19.7 Å². The zero-order chi connectivity index (χ0) is 3.86. The molecule has 2 atom stereocenters. The van der Waals surface area contributed by atoms with Gasteiger partial charge in [-0.3, -0.25) is 0 Å². The summed E-state index contributed by atoms with van der Waals surface area (Å²) in [6.07, 6.45) is 0. The van der Waals surface area contributed by atoms with E-state index in [-0.39, 0.29) is 0 Å². The summed E-state index contributed by atoms with van der Waals surface area (Å²) >= 11 is 4.01. The number of nitrogens with zero attached hydrogens (tertiary/aromatic N) is 1. The third-order valence-electron chi connectivity index (χ3n) is 0.826. The van der Waals surface area contributed by atoms with Crippen LogP contribution in [-0.2, 0) is 0 Å². The normalized spacial score (nSPS) is 49.2. The molecule has 0 aromatic rings. The molecule has 1 nitrogen and oxygen atoms in total. The number of thiol groups is 1. The molecule has 5 heavy (non-hydrogen) atoms. The summed E-state index contributed by atoms with van der Waals surface area (Å²) in [5.41, 5.74) is 0. The highest BCUT2D eigenvalue weighted by atomic mass is 32.1. The van der Waals surface area contributed by atoms with Crippen molar-refractivity contribution in [3.63, 3.8) is 0 Å². The molecule has 1 heterocycles. The molecule has 0 aliphatic carbocycles. The largest absolute Gasteiger partial charge is 0.248 e. The molecule has 1 aliphatic rings. The van der Waals surface area contributed by atoms with Crippen molar-refractivity contribution in [3.05, 3.63) is 0 Å². The maximum absolute atomic E-state index is 4.01. The first kappa shape index (κ1) is 3.50. The lowest BCUT2D eigenvalue weighted by Gasteiger charge is -1.73. The van der Waals surface area contributed by atoms with Crippen LogP contribution in [-0.4, -0.2) is 16.9 Å². The lowest BCUT2D eigenvalue weighted by atomic mass is 10.6. The maximum atomic E-state index is 4.01. The Labute approximate surface area is 37.5 Å². The van der Waals surface area contributed by atoms with Crippen LogP contribution in [0.1, 0.15) is 6.92 Å². The van der Waals surface area contributed by atoms with Gasteiger partial charge in [0.25, 0.3) is 0 Å². The van der Waals surface area contributed by atoms with Gasteiger partial charge in [0.1, 0.15) is 0 Å². The molecule has 1 rings (SSSR count). The van der Waals surface area contributed by atoms with Gasteiger partial charge in [0, 0.05) is 12.6 Å². The first-order valence-corrected chi connectivity index (χ1v) is 2.16. The Morgan fingerprint density at radius 3 is 2.20 bits per heavy atom. The minimum atomic E-state index is 0.748. The van der Waals surface area contributed by atoms with Crippen molar-refractivity contribution in [2.45, 2.75) is 13.0 Å². The minimum absolute atomic E-state index is 0.748. The van der Waals surface area contributed by atoms with Crippen LogP contribution in [0.5, 0.6) is 0 Å². The minimum Gasteiger partial charge on any atom is -0.248 e. The molecule has 0 spiro atoms. The highest BCUT2D eigenvalue weighted by Gasteiger charge is 2.24. The van der Waals surface area contributed by atoms with Crippen molar-refractivity contribution >= 4 is 12.8 Å².